The standard InChI is InChI=1S/C21H23N3O6S/c1-5-24(6-2)18-8-7-14(29-18)12-17(20(25)26)31-21-23-22-19(30-21)13-9-15(27-3)11-16(10-13)28-4/h7-12H,5-6H2,1-4H3,(H,25,26)/b17-12-. The van der Waals surface area contributed by atoms with E-state index in [1.807, 2.05) is 24.8 Å². The lowest BCUT2D eigenvalue weighted by atomic mass is 10.2. The van der Waals surface area contributed by atoms with E-state index in [4.69, 9.17) is 18.3 Å². The summed E-state index contributed by atoms with van der Waals surface area (Å²) in [6.45, 7) is 5.61. The lowest BCUT2D eigenvalue weighted by Crippen LogP contribution is -2.20. The molecule has 0 atom stereocenters. The third kappa shape index (κ3) is 5.40. The number of hydrogen-bond acceptors (Lipinski definition) is 9. The van der Waals surface area contributed by atoms with Gasteiger partial charge in [-0.1, -0.05) is 0 Å². The van der Waals surface area contributed by atoms with Gasteiger partial charge in [0.1, 0.15) is 22.2 Å². The average Bonchev–Trinajstić information content (AvgIpc) is 3.44. The molecule has 2 heterocycles. The molecule has 1 N–H and O–H groups in total. The van der Waals surface area contributed by atoms with Gasteiger partial charge >= 0.3 is 5.97 Å². The van der Waals surface area contributed by atoms with Crippen molar-refractivity contribution in [1.82, 2.24) is 10.2 Å². The topological polar surface area (TPSA) is 111 Å². The SMILES string of the molecule is CCN(CC)c1ccc(/C=C(\Sc2nnc(-c3cc(OC)cc(OC)c3)o2)C(=O)O)o1. The number of carboxylic acid groups (broad SMARTS) is 1. The van der Waals surface area contributed by atoms with Crippen molar-refractivity contribution in [2.45, 2.75) is 19.1 Å². The van der Waals surface area contributed by atoms with Crippen LogP contribution >= 0.6 is 11.8 Å². The monoisotopic (exact) mass is 445 g/mol. The summed E-state index contributed by atoms with van der Waals surface area (Å²) in [7, 11) is 3.08. The predicted molar refractivity (Wildman–Crippen MR) is 117 cm³/mol. The molecular formula is C21H23N3O6S. The van der Waals surface area contributed by atoms with E-state index in [1.54, 1.807) is 24.3 Å². The summed E-state index contributed by atoms with van der Waals surface area (Å²) >= 11 is 0.841. The zero-order chi connectivity index (χ0) is 22.4. The Morgan fingerprint density at radius 2 is 1.77 bits per heavy atom. The molecule has 0 amide bonds. The fraction of sp³-hybridized carbons (Fsp3) is 0.286. The number of furan rings is 1. The molecule has 31 heavy (non-hydrogen) atoms. The molecule has 9 nitrogen and oxygen atoms in total. The Hall–Kier alpha value is -3.40. The maximum absolute atomic E-state index is 11.7. The van der Waals surface area contributed by atoms with Crippen LogP contribution in [0.25, 0.3) is 17.5 Å². The Morgan fingerprint density at radius 1 is 1.10 bits per heavy atom. The fourth-order valence-corrected chi connectivity index (χ4v) is 3.43. The van der Waals surface area contributed by atoms with Crippen LogP contribution in [-0.2, 0) is 4.79 Å². The van der Waals surface area contributed by atoms with E-state index < -0.39 is 5.97 Å². The van der Waals surface area contributed by atoms with E-state index >= 15 is 0 Å². The van der Waals surface area contributed by atoms with E-state index in [0.29, 0.717) is 28.7 Å². The number of methoxy groups -OCH3 is 2. The highest BCUT2D eigenvalue weighted by atomic mass is 32.2. The molecule has 0 saturated carbocycles. The van der Waals surface area contributed by atoms with Crippen molar-refractivity contribution in [3.63, 3.8) is 0 Å². The maximum atomic E-state index is 11.7. The summed E-state index contributed by atoms with van der Waals surface area (Å²) in [5.74, 6) is 1.31. The molecule has 0 spiro atoms. The van der Waals surface area contributed by atoms with E-state index in [1.165, 1.54) is 20.3 Å². The Morgan fingerprint density at radius 3 is 2.35 bits per heavy atom. The van der Waals surface area contributed by atoms with Gasteiger partial charge in [-0.3, -0.25) is 0 Å². The number of ether oxygens (including phenoxy) is 2. The van der Waals surface area contributed by atoms with Gasteiger partial charge in [0.25, 0.3) is 5.22 Å². The van der Waals surface area contributed by atoms with Gasteiger partial charge in [0, 0.05) is 36.9 Å². The number of rotatable bonds is 10. The first-order valence-corrected chi connectivity index (χ1v) is 10.3. The number of aromatic nitrogens is 2. The highest BCUT2D eigenvalue weighted by Crippen LogP contribution is 2.33. The van der Waals surface area contributed by atoms with Crippen LogP contribution < -0.4 is 14.4 Å². The van der Waals surface area contributed by atoms with Crippen LogP contribution in [0.2, 0.25) is 0 Å². The van der Waals surface area contributed by atoms with Gasteiger partial charge in [0.15, 0.2) is 5.88 Å². The minimum atomic E-state index is -1.13. The van der Waals surface area contributed by atoms with Crippen molar-refractivity contribution in [3.05, 3.63) is 41.0 Å². The van der Waals surface area contributed by atoms with Gasteiger partial charge in [-0.15, -0.1) is 10.2 Å². The number of anilines is 1. The molecule has 3 rings (SSSR count). The highest BCUT2D eigenvalue weighted by Gasteiger charge is 2.18. The van der Waals surface area contributed by atoms with Crippen LogP contribution in [0.4, 0.5) is 5.88 Å². The lowest BCUT2D eigenvalue weighted by Gasteiger charge is -2.16. The Bertz CT molecular complexity index is 1050. The van der Waals surface area contributed by atoms with Gasteiger partial charge < -0.3 is 28.3 Å². The third-order valence-corrected chi connectivity index (χ3v) is 5.23. The minimum absolute atomic E-state index is 0.0149. The van der Waals surface area contributed by atoms with Crippen LogP contribution in [0, 0.1) is 0 Å². The summed E-state index contributed by atoms with van der Waals surface area (Å²) < 4.78 is 21.9. The molecular weight excluding hydrogens is 422 g/mol. The van der Waals surface area contributed by atoms with Crippen LogP contribution in [0.5, 0.6) is 11.5 Å². The van der Waals surface area contributed by atoms with Crippen molar-refractivity contribution in [2.24, 2.45) is 0 Å². The maximum Gasteiger partial charge on any atom is 0.342 e. The van der Waals surface area contributed by atoms with E-state index in [0.717, 1.165) is 24.9 Å². The summed E-state index contributed by atoms with van der Waals surface area (Å²) in [4.78, 5) is 13.8. The van der Waals surface area contributed by atoms with Crippen molar-refractivity contribution in [1.29, 1.82) is 0 Å². The molecule has 0 radical (unpaired) electrons. The second kappa shape index (κ2) is 10.1. The number of carboxylic acids is 1. The smallest absolute Gasteiger partial charge is 0.342 e. The average molecular weight is 445 g/mol. The molecule has 0 aliphatic carbocycles. The molecule has 0 bridgehead atoms. The van der Waals surface area contributed by atoms with Crippen LogP contribution in [0.15, 0.2) is 49.3 Å². The Labute approximate surface area is 183 Å². The molecule has 164 valence electrons. The molecule has 0 aliphatic heterocycles. The van der Waals surface area contributed by atoms with E-state index in [9.17, 15) is 9.90 Å². The molecule has 3 aromatic rings. The summed E-state index contributed by atoms with van der Waals surface area (Å²) in [6, 6.07) is 8.69. The third-order valence-electron chi connectivity index (χ3n) is 4.37. The zero-order valence-corrected chi connectivity index (χ0v) is 18.4. The summed E-state index contributed by atoms with van der Waals surface area (Å²) in [5, 5.41) is 17.6. The first-order valence-electron chi connectivity index (χ1n) is 9.51. The number of nitrogens with zero attached hydrogens (tertiary/aromatic N) is 3. The molecule has 0 unspecified atom stereocenters. The van der Waals surface area contributed by atoms with E-state index in [2.05, 4.69) is 10.2 Å². The number of aliphatic carboxylic acids is 1. The number of benzene rings is 1. The first kappa shape index (κ1) is 22.3. The van der Waals surface area contributed by atoms with Gasteiger partial charge in [-0.2, -0.15) is 0 Å². The van der Waals surface area contributed by atoms with Gasteiger partial charge in [-0.05, 0) is 43.8 Å². The van der Waals surface area contributed by atoms with Gasteiger partial charge in [0.2, 0.25) is 5.89 Å². The summed E-state index contributed by atoms with van der Waals surface area (Å²) in [5.41, 5.74) is 0.589. The molecule has 10 heteroatoms. The number of carbonyl (C=O) groups is 1. The molecule has 0 saturated heterocycles. The van der Waals surface area contributed by atoms with Crippen molar-refractivity contribution < 1.29 is 28.2 Å². The normalized spacial score (nSPS) is 11.4. The number of hydrogen-bond donors (Lipinski definition) is 1. The lowest BCUT2D eigenvalue weighted by molar-refractivity contribution is -0.131. The minimum Gasteiger partial charge on any atom is -0.497 e. The number of thioether (sulfide) groups is 1. The van der Waals surface area contributed by atoms with Crippen LogP contribution in [-0.4, -0.2) is 48.6 Å². The van der Waals surface area contributed by atoms with E-state index in [-0.39, 0.29) is 16.0 Å². The fourth-order valence-electron chi connectivity index (χ4n) is 2.78. The summed E-state index contributed by atoms with van der Waals surface area (Å²) in [6.07, 6.45) is 1.43. The highest BCUT2D eigenvalue weighted by molar-refractivity contribution is 8.03. The van der Waals surface area contributed by atoms with Crippen LogP contribution in [0.3, 0.4) is 0 Å². The van der Waals surface area contributed by atoms with Crippen molar-refractivity contribution in [3.8, 4) is 23.0 Å². The predicted octanol–water partition coefficient (Wildman–Crippen LogP) is 4.41. The van der Waals surface area contributed by atoms with Gasteiger partial charge in [-0.25, -0.2) is 4.79 Å². The first-order chi connectivity index (χ1) is 15.0. The molecule has 0 fully saturated rings. The van der Waals surface area contributed by atoms with Gasteiger partial charge in [0.05, 0.1) is 14.2 Å². The van der Waals surface area contributed by atoms with Crippen LogP contribution in [0.1, 0.15) is 19.6 Å². The van der Waals surface area contributed by atoms with Crippen molar-refractivity contribution in [2.75, 3.05) is 32.2 Å². The zero-order valence-electron chi connectivity index (χ0n) is 17.6. The Kier molecular flexibility index (Phi) is 7.24. The quantitative estimate of drug-likeness (QED) is 0.356. The molecule has 2 aromatic heterocycles. The largest absolute Gasteiger partial charge is 0.497 e. The second-order valence-electron chi connectivity index (χ2n) is 6.24. The second-order valence-corrected chi connectivity index (χ2v) is 7.23. The molecule has 0 aliphatic rings. The Balaban J connectivity index is 1.83. The van der Waals surface area contributed by atoms with Crippen molar-refractivity contribution >= 4 is 29.7 Å². The molecule has 1 aromatic carbocycles.